The summed E-state index contributed by atoms with van der Waals surface area (Å²) in [5, 5.41) is 18.0. The molecular weight excluding hydrogens is 565 g/mol. The number of H-pyrrole nitrogens is 1. The molecule has 5 aromatic rings. The fraction of sp³-hybridized carbons (Fsp3) is 0.100. The first kappa shape index (κ1) is 27.8. The first-order valence-electron chi connectivity index (χ1n) is 12.4. The van der Waals surface area contributed by atoms with Gasteiger partial charge < -0.3 is 15.4 Å². The molecule has 9 nitrogen and oxygen atoms in total. The summed E-state index contributed by atoms with van der Waals surface area (Å²) in [7, 11) is 1.19. The van der Waals surface area contributed by atoms with Gasteiger partial charge in [0, 0.05) is 5.56 Å². The predicted octanol–water partition coefficient (Wildman–Crippen LogP) is 5.85. The van der Waals surface area contributed by atoms with E-state index in [1.54, 1.807) is 18.2 Å². The highest BCUT2D eigenvalue weighted by molar-refractivity contribution is 6.40. The van der Waals surface area contributed by atoms with Crippen molar-refractivity contribution in [1.82, 2.24) is 26.0 Å². The lowest BCUT2D eigenvalue weighted by atomic mass is 9.99. The van der Waals surface area contributed by atoms with E-state index < -0.39 is 17.8 Å². The van der Waals surface area contributed by atoms with Crippen molar-refractivity contribution in [2.75, 3.05) is 7.11 Å². The van der Waals surface area contributed by atoms with Crippen LogP contribution in [0.3, 0.4) is 0 Å². The Morgan fingerprint density at radius 2 is 1.61 bits per heavy atom. The Kier molecular flexibility index (Phi) is 8.00. The molecule has 0 aliphatic rings. The van der Waals surface area contributed by atoms with Crippen molar-refractivity contribution >= 4 is 68.9 Å². The van der Waals surface area contributed by atoms with Gasteiger partial charge in [-0.05, 0) is 59.2 Å². The molecule has 2 amide bonds. The van der Waals surface area contributed by atoms with Crippen LogP contribution in [0.2, 0.25) is 10.0 Å². The Balaban J connectivity index is 1.36. The minimum absolute atomic E-state index is 0.0637. The van der Waals surface area contributed by atoms with Crippen molar-refractivity contribution in [2.45, 2.75) is 13.0 Å². The Bertz CT molecular complexity index is 1820. The Morgan fingerprint density at radius 3 is 2.37 bits per heavy atom. The molecule has 0 saturated heterocycles. The molecule has 1 atom stereocenters. The topological polar surface area (TPSA) is 126 Å². The molecule has 0 unspecified atom stereocenters. The van der Waals surface area contributed by atoms with E-state index in [2.05, 4.69) is 26.0 Å². The molecule has 3 N–H and O–H groups in total. The maximum absolute atomic E-state index is 13.2. The van der Waals surface area contributed by atoms with Crippen molar-refractivity contribution in [2.24, 2.45) is 0 Å². The van der Waals surface area contributed by atoms with Crippen LogP contribution in [-0.4, -0.2) is 40.3 Å². The molecule has 1 heterocycles. The number of benzene rings is 4. The molecule has 0 aliphatic carbocycles. The average molecular weight is 588 g/mol. The number of hydrogen-bond acceptors (Lipinski definition) is 6. The number of hydrogen-bond donors (Lipinski definition) is 3. The summed E-state index contributed by atoms with van der Waals surface area (Å²) in [5.41, 5.74) is 2.65. The number of carbonyl (C=O) groups excluding carboxylic acids is 3. The number of halogens is 2. The molecule has 0 saturated carbocycles. The lowest BCUT2D eigenvalue weighted by Crippen LogP contribution is -2.29. The molecule has 0 bridgehead atoms. The van der Waals surface area contributed by atoms with E-state index in [9.17, 15) is 14.4 Å². The van der Waals surface area contributed by atoms with Crippen LogP contribution in [0.4, 0.5) is 0 Å². The molecular formula is C30H23Cl2N5O4. The maximum Gasteiger partial charge on any atom is 0.354 e. The third-order valence-electron chi connectivity index (χ3n) is 6.47. The summed E-state index contributed by atoms with van der Waals surface area (Å²) in [5.74, 6) is -1.96. The second-order valence-corrected chi connectivity index (χ2v) is 9.97. The third kappa shape index (κ3) is 5.91. The fourth-order valence-electron chi connectivity index (χ4n) is 4.46. The zero-order chi connectivity index (χ0) is 29.1. The minimum Gasteiger partial charge on any atom is -0.464 e. The molecule has 4 aromatic carbocycles. The van der Waals surface area contributed by atoms with E-state index >= 15 is 0 Å². The Hall–Kier alpha value is -4.73. The van der Waals surface area contributed by atoms with Gasteiger partial charge in [0.2, 0.25) is 0 Å². The predicted molar refractivity (Wildman–Crippen MR) is 158 cm³/mol. The van der Waals surface area contributed by atoms with E-state index in [0.29, 0.717) is 16.6 Å². The van der Waals surface area contributed by atoms with E-state index in [-0.39, 0.29) is 32.9 Å². The van der Waals surface area contributed by atoms with Crippen molar-refractivity contribution in [3.8, 4) is 0 Å². The number of methoxy groups -OCH3 is 1. The largest absolute Gasteiger partial charge is 0.464 e. The molecule has 0 radical (unpaired) electrons. The van der Waals surface area contributed by atoms with Crippen LogP contribution in [0.5, 0.6) is 0 Å². The molecule has 1 aromatic heterocycles. The van der Waals surface area contributed by atoms with Crippen LogP contribution in [0.1, 0.15) is 44.8 Å². The number of nitrogens with zero attached hydrogens (tertiary/aromatic N) is 2. The summed E-state index contributed by atoms with van der Waals surface area (Å²) in [4.78, 5) is 38.8. The van der Waals surface area contributed by atoms with Crippen LogP contribution in [0, 0.1) is 0 Å². The summed E-state index contributed by atoms with van der Waals surface area (Å²) in [6.07, 6.45) is 1.43. The van der Waals surface area contributed by atoms with Gasteiger partial charge in [0.15, 0.2) is 0 Å². The molecule has 11 heteroatoms. The van der Waals surface area contributed by atoms with Crippen LogP contribution in [0.15, 0.2) is 78.5 Å². The van der Waals surface area contributed by atoms with Crippen molar-refractivity contribution < 1.29 is 19.1 Å². The summed E-state index contributed by atoms with van der Waals surface area (Å²) in [6.45, 7) is 1.88. The van der Waals surface area contributed by atoms with Crippen LogP contribution in [0.25, 0.3) is 27.9 Å². The van der Waals surface area contributed by atoms with Gasteiger partial charge in [0.05, 0.1) is 28.8 Å². The van der Waals surface area contributed by atoms with Gasteiger partial charge in [-0.1, -0.05) is 71.7 Å². The highest BCUT2D eigenvalue weighted by Gasteiger charge is 2.23. The number of nitrogens with one attached hydrogen (secondary N) is 3. The molecule has 0 spiro atoms. The number of aromatic amines is 1. The third-order valence-corrected chi connectivity index (χ3v) is 7.07. The van der Waals surface area contributed by atoms with Crippen molar-refractivity contribution in [3.63, 3.8) is 0 Å². The van der Waals surface area contributed by atoms with Gasteiger partial charge in [-0.15, -0.1) is 0 Å². The van der Waals surface area contributed by atoms with Gasteiger partial charge in [-0.2, -0.15) is 15.4 Å². The maximum atomic E-state index is 13.2. The molecule has 0 fully saturated rings. The molecule has 5 rings (SSSR count). The number of ether oxygens (including phenoxy) is 1. The molecule has 206 valence electrons. The van der Waals surface area contributed by atoms with Gasteiger partial charge in [0.1, 0.15) is 16.7 Å². The van der Waals surface area contributed by atoms with E-state index in [0.717, 1.165) is 16.3 Å². The summed E-state index contributed by atoms with van der Waals surface area (Å²) < 4.78 is 4.83. The van der Waals surface area contributed by atoms with Gasteiger partial charge in [-0.25, -0.2) is 4.79 Å². The Morgan fingerprint density at radius 1 is 0.902 bits per heavy atom. The number of esters is 1. The smallest absolute Gasteiger partial charge is 0.354 e. The number of aromatic nitrogens is 3. The molecule has 41 heavy (non-hydrogen) atoms. The van der Waals surface area contributed by atoms with E-state index in [4.69, 9.17) is 27.9 Å². The average Bonchev–Trinajstić information content (AvgIpc) is 3.43. The van der Waals surface area contributed by atoms with Crippen molar-refractivity contribution in [3.05, 3.63) is 111 Å². The monoisotopic (exact) mass is 587 g/mol. The number of carbonyl (C=O) groups is 3. The quantitative estimate of drug-likeness (QED) is 0.162. The van der Waals surface area contributed by atoms with Gasteiger partial charge >= 0.3 is 5.97 Å². The highest BCUT2D eigenvalue weighted by atomic mass is 35.5. The zero-order valence-electron chi connectivity index (χ0n) is 21.9. The SMILES string of the molecule is COC(=O)C(=Cc1ccc2n[nH]nc2c1)NC(=O)c1c(Cl)cc(C(=O)N[C@H](C)c2cccc3ccccc23)cc1Cl. The minimum atomic E-state index is -0.788. The fourth-order valence-corrected chi connectivity index (χ4v) is 5.12. The summed E-state index contributed by atoms with van der Waals surface area (Å²) >= 11 is 12.9. The lowest BCUT2D eigenvalue weighted by molar-refractivity contribution is -0.136. The van der Waals surface area contributed by atoms with Crippen LogP contribution >= 0.6 is 23.2 Å². The second-order valence-electron chi connectivity index (χ2n) is 9.15. The number of rotatable bonds is 7. The highest BCUT2D eigenvalue weighted by Crippen LogP contribution is 2.29. The number of amides is 2. The van der Waals surface area contributed by atoms with Gasteiger partial charge in [0.25, 0.3) is 11.8 Å². The first-order valence-corrected chi connectivity index (χ1v) is 13.2. The van der Waals surface area contributed by atoms with Crippen LogP contribution in [-0.2, 0) is 9.53 Å². The number of fused-ring (bicyclic) bond motifs is 2. The van der Waals surface area contributed by atoms with Crippen LogP contribution < -0.4 is 10.6 Å². The molecule has 0 aliphatic heterocycles. The Labute approximate surface area is 244 Å². The second kappa shape index (κ2) is 11.8. The lowest BCUT2D eigenvalue weighted by Gasteiger charge is -2.17. The normalized spacial score (nSPS) is 12.2. The first-order chi connectivity index (χ1) is 19.7. The van der Waals surface area contributed by atoms with E-state index in [1.165, 1.54) is 25.3 Å². The van der Waals surface area contributed by atoms with E-state index in [1.807, 2.05) is 49.4 Å². The van der Waals surface area contributed by atoms with Gasteiger partial charge in [-0.3, -0.25) is 9.59 Å². The standard InChI is InChI=1S/C30H23Cl2N5O4/c1-16(20-9-5-7-18-6-3-4-8-21(18)20)33-28(38)19-14-22(31)27(23(32)15-19)29(39)34-26(30(40)41-2)13-17-10-11-24-25(12-17)36-37-35-24/h3-16H,1-2H3,(H,33,38)(H,34,39)(H,35,36,37)/t16-/m1/s1. The van der Waals surface area contributed by atoms with Crippen molar-refractivity contribution in [1.29, 1.82) is 0 Å². The summed E-state index contributed by atoms with van der Waals surface area (Å²) in [6, 6.07) is 21.3. The zero-order valence-corrected chi connectivity index (χ0v) is 23.4.